The minimum atomic E-state index is -0.780. The van der Waals surface area contributed by atoms with E-state index in [2.05, 4.69) is 69.4 Å². The smallest absolute Gasteiger partial charge is 0.306 e. The third-order valence-corrected chi connectivity index (χ3v) is 13.3. The van der Waals surface area contributed by atoms with E-state index in [1.54, 1.807) is 0 Å². The topological polar surface area (TPSA) is 78.9 Å². The SMILES string of the molecule is CCCCC/C=C\C/C=C\CCCCCCCCCC(=O)OCC(COC(=O)CCCCCCCCC/C=C\CCCCCCCC)OC(=O)CCCCCCCCC/C=C\CCCCCCCC. The zero-order chi connectivity index (χ0) is 50.0. The highest BCUT2D eigenvalue weighted by atomic mass is 16.6. The van der Waals surface area contributed by atoms with Crippen molar-refractivity contribution in [3.8, 4) is 0 Å². The lowest BCUT2D eigenvalue weighted by Crippen LogP contribution is -2.30. The van der Waals surface area contributed by atoms with Gasteiger partial charge in [0.1, 0.15) is 13.2 Å². The molecule has 6 nitrogen and oxygen atoms in total. The fraction of sp³-hybridized carbons (Fsp3) is 0.825. The highest BCUT2D eigenvalue weighted by Crippen LogP contribution is 2.16. The van der Waals surface area contributed by atoms with Crippen molar-refractivity contribution in [1.82, 2.24) is 0 Å². The van der Waals surface area contributed by atoms with E-state index in [0.717, 1.165) is 70.6 Å². The van der Waals surface area contributed by atoms with Gasteiger partial charge in [-0.25, -0.2) is 0 Å². The largest absolute Gasteiger partial charge is 0.462 e. The normalized spacial score (nSPS) is 12.3. The Morgan fingerprint density at radius 2 is 0.522 bits per heavy atom. The van der Waals surface area contributed by atoms with Gasteiger partial charge in [0.2, 0.25) is 0 Å². The zero-order valence-corrected chi connectivity index (χ0v) is 46.1. The summed E-state index contributed by atoms with van der Waals surface area (Å²) in [4.78, 5) is 38.2. The van der Waals surface area contributed by atoms with Gasteiger partial charge in [-0.05, 0) is 103 Å². The van der Waals surface area contributed by atoms with Gasteiger partial charge in [-0.15, -0.1) is 0 Å². The molecule has 0 aromatic rings. The van der Waals surface area contributed by atoms with Crippen LogP contribution >= 0.6 is 0 Å². The van der Waals surface area contributed by atoms with E-state index in [9.17, 15) is 14.4 Å². The van der Waals surface area contributed by atoms with Crippen molar-refractivity contribution in [3.05, 3.63) is 48.6 Å². The molecule has 0 fully saturated rings. The van der Waals surface area contributed by atoms with Gasteiger partial charge in [0, 0.05) is 19.3 Å². The van der Waals surface area contributed by atoms with Crippen LogP contribution in [0.2, 0.25) is 0 Å². The Kier molecular flexibility index (Phi) is 55.7. The molecule has 0 spiro atoms. The average molecular weight is 968 g/mol. The first-order valence-corrected chi connectivity index (χ1v) is 30.1. The van der Waals surface area contributed by atoms with Crippen LogP contribution in [0.25, 0.3) is 0 Å². The molecule has 1 atom stereocenters. The molecule has 0 N–H and O–H groups in total. The van der Waals surface area contributed by atoms with Gasteiger partial charge >= 0.3 is 17.9 Å². The summed E-state index contributed by atoms with van der Waals surface area (Å²) < 4.78 is 16.9. The summed E-state index contributed by atoms with van der Waals surface area (Å²) in [6.45, 7) is 6.63. The van der Waals surface area contributed by atoms with Crippen LogP contribution < -0.4 is 0 Å². The number of esters is 3. The number of allylic oxidation sites excluding steroid dienone is 8. The van der Waals surface area contributed by atoms with Gasteiger partial charge in [0.15, 0.2) is 6.10 Å². The zero-order valence-electron chi connectivity index (χ0n) is 46.1. The van der Waals surface area contributed by atoms with Gasteiger partial charge in [-0.1, -0.05) is 243 Å². The van der Waals surface area contributed by atoms with Gasteiger partial charge in [-0.2, -0.15) is 0 Å². The maximum Gasteiger partial charge on any atom is 0.306 e. The molecule has 0 aromatic heterocycles. The second-order valence-electron chi connectivity index (χ2n) is 20.2. The molecular formula is C63H114O6. The summed E-state index contributed by atoms with van der Waals surface area (Å²) in [6.07, 6.45) is 71.0. The Morgan fingerprint density at radius 3 is 0.841 bits per heavy atom. The lowest BCUT2D eigenvalue weighted by Gasteiger charge is -2.18. The summed E-state index contributed by atoms with van der Waals surface area (Å²) in [5, 5.41) is 0. The molecule has 0 heterocycles. The first kappa shape index (κ1) is 66.4. The number of ether oxygens (including phenoxy) is 3. The van der Waals surface area contributed by atoms with Crippen LogP contribution in [-0.2, 0) is 28.6 Å². The molecule has 0 radical (unpaired) electrons. The highest BCUT2D eigenvalue weighted by Gasteiger charge is 2.19. The number of rotatable bonds is 55. The minimum absolute atomic E-state index is 0.0779. The Morgan fingerprint density at radius 1 is 0.290 bits per heavy atom. The highest BCUT2D eigenvalue weighted by molar-refractivity contribution is 5.71. The standard InChI is InChI=1S/C63H114O6/c1-4-7-10-13-16-19-22-25-28-31-34-37-40-43-46-49-52-55-61(64)67-58-60(69-63(66)57-54-51-48-45-42-39-36-33-30-27-24-21-18-15-12-9-6-3)59-68-62(65)56-53-50-47-44-41-38-35-32-29-26-23-20-17-14-11-8-5-2/h16,19,25-30,60H,4-15,17-18,20-24,31-59H2,1-3H3/b19-16-,28-25-,29-26-,30-27-. The number of unbranched alkanes of at least 4 members (excludes halogenated alkanes) is 36. The summed E-state index contributed by atoms with van der Waals surface area (Å²) in [5.74, 6) is -0.879. The van der Waals surface area contributed by atoms with E-state index in [1.807, 2.05) is 0 Å². The lowest BCUT2D eigenvalue weighted by atomic mass is 10.1. The summed E-state index contributed by atoms with van der Waals surface area (Å²) in [6, 6.07) is 0. The van der Waals surface area contributed by atoms with Crippen molar-refractivity contribution in [3.63, 3.8) is 0 Å². The molecule has 6 heteroatoms. The third kappa shape index (κ3) is 56.2. The number of carbonyl (C=O) groups is 3. The van der Waals surface area contributed by atoms with Gasteiger partial charge < -0.3 is 14.2 Å². The summed E-state index contributed by atoms with van der Waals surface area (Å²) in [5.41, 5.74) is 0. The van der Waals surface area contributed by atoms with Crippen molar-refractivity contribution in [2.45, 2.75) is 322 Å². The van der Waals surface area contributed by atoms with E-state index < -0.39 is 6.10 Å². The van der Waals surface area contributed by atoms with Crippen molar-refractivity contribution in [2.24, 2.45) is 0 Å². The molecule has 0 aliphatic carbocycles. The summed E-state index contributed by atoms with van der Waals surface area (Å²) >= 11 is 0. The minimum Gasteiger partial charge on any atom is -0.462 e. The number of hydrogen-bond acceptors (Lipinski definition) is 6. The molecule has 0 rings (SSSR count). The third-order valence-electron chi connectivity index (χ3n) is 13.3. The average Bonchev–Trinajstić information content (AvgIpc) is 3.35. The van der Waals surface area contributed by atoms with Crippen molar-refractivity contribution >= 4 is 17.9 Å². The quantitative estimate of drug-likeness (QED) is 0.0262. The molecular weight excluding hydrogens is 853 g/mol. The molecule has 402 valence electrons. The summed E-state index contributed by atoms with van der Waals surface area (Å²) in [7, 11) is 0. The Hall–Kier alpha value is -2.63. The van der Waals surface area contributed by atoms with E-state index in [4.69, 9.17) is 14.2 Å². The molecule has 0 saturated carbocycles. The molecule has 0 bridgehead atoms. The second-order valence-corrected chi connectivity index (χ2v) is 20.2. The fourth-order valence-electron chi connectivity index (χ4n) is 8.70. The van der Waals surface area contributed by atoms with Crippen LogP contribution in [0.1, 0.15) is 316 Å². The van der Waals surface area contributed by atoms with E-state index in [-0.39, 0.29) is 31.1 Å². The Labute approximate surface area is 428 Å². The van der Waals surface area contributed by atoms with Crippen LogP contribution in [0.5, 0.6) is 0 Å². The van der Waals surface area contributed by atoms with Crippen molar-refractivity contribution in [2.75, 3.05) is 13.2 Å². The molecule has 1 unspecified atom stereocenters. The lowest BCUT2D eigenvalue weighted by molar-refractivity contribution is -0.167. The van der Waals surface area contributed by atoms with Gasteiger partial charge in [-0.3, -0.25) is 14.4 Å². The number of carbonyl (C=O) groups excluding carboxylic acids is 3. The van der Waals surface area contributed by atoms with Crippen molar-refractivity contribution < 1.29 is 28.6 Å². The van der Waals surface area contributed by atoms with Gasteiger partial charge in [0.05, 0.1) is 0 Å². The Balaban J connectivity index is 4.38. The second kappa shape index (κ2) is 57.9. The molecule has 0 aliphatic heterocycles. The van der Waals surface area contributed by atoms with E-state index in [1.165, 1.54) is 205 Å². The van der Waals surface area contributed by atoms with E-state index in [0.29, 0.717) is 19.3 Å². The number of hydrogen-bond donors (Lipinski definition) is 0. The first-order chi connectivity index (χ1) is 34.0. The van der Waals surface area contributed by atoms with Crippen LogP contribution in [0.15, 0.2) is 48.6 Å². The molecule has 0 aliphatic rings. The van der Waals surface area contributed by atoms with Crippen LogP contribution in [-0.4, -0.2) is 37.2 Å². The van der Waals surface area contributed by atoms with Crippen molar-refractivity contribution in [1.29, 1.82) is 0 Å². The molecule has 69 heavy (non-hydrogen) atoms. The molecule has 0 aromatic carbocycles. The van der Waals surface area contributed by atoms with Crippen LogP contribution in [0.4, 0.5) is 0 Å². The predicted octanol–water partition coefficient (Wildman–Crippen LogP) is 20.2. The first-order valence-electron chi connectivity index (χ1n) is 30.1. The van der Waals surface area contributed by atoms with Gasteiger partial charge in [0.25, 0.3) is 0 Å². The molecule has 0 amide bonds. The monoisotopic (exact) mass is 967 g/mol. The van der Waals surface area contributed by atoms with E-state index >= 15 is 0 Å². The predicted molar refractivity (Wildman–Crippen MR) is 298 cm³/mol. The maximum atomic E-state index is 12.9. The maximum absolute atomic E-state index is 12.9. The fourth-order valence-corrected chi connectivity index (χ4v) is 8.70. The Bertz CT molecular complexity index is 1200. The van der Waals surface area contributed by atoms with Crippen LogP contribution in [0, 0.1) is 0 Å². The molecule has 0 saturated heterocycles. The van der Waals surface area contributed by atoms with Crippen LogP contribution in [0.3, 0.4) is 0 Å².